The molecule has 1 saturated heterocycles. The van der Waals surface area contributed by atoms with Crippen LogP contribution in [0.1, 0.15) is 49.7 Å². The van der Waals surface area contributed by atoms with Crippen LogP contribution in [0.4, 0.5) is 5.82 Å². The van der Waals surface area contributed by atoms with Gasteiger partial charge >= 0.3 is 0 Å². The van der Waals surface area contributed by atoms with Gasteiger partial charge in [-0.2, -0.15) is 0 Å². The Balaban J connectivity index is 1.69. The molecule has 1 saturated carbocycles. The zero-order valence-corrected chi connectivity index (χ0v) is 11.1. The molecule has 2 fully saturated rings. The van der Waals surface area contributed by atoms with E-state index >= 15 is 0 Å². The second-order valence-corrected chi connectivity index (χ2v) is 5.93. The lowest BCUT2D eigenvalue weighted by Gasteiger charge is -2.24. The molecular formula is C15H22N2O. The number of nitrogens with two attached hydrogens (primary N) is 1. The normalized spacial score (nSPS) is 25.9. The molecule has 3 heteroatoms. The molecule has 1 spiro atoms. The van der Waals surface area contributed by atoms with Crippen LogP contribution >= 0.6 is 0 Å². The van der Waals surface area contributed by atoms with Crippen molar-refractivity contribution in [3.63, 3.8) is 0 Å². The molecule has 3 nitrogen and oxygen atoms in total. The second-order valence-electron chi connectivity index (χ2n) is 5.93. The third kappa shape index (κ3) is 2.24. The first-order chi connectivity index (χ1) is 8.67. The fourth-order valence-electron chi connectivity index (χ4n) is 3.48. The molecule has 2 aliphatic rings. The summed E-state index contributed by atoms with van der Waals surface area (Å²) in [7, 11) is 0. The molecule has 3 rings (SSSR count). The summed E-state index contributed by atoms with van der Waals surface area (Å²) in [6.07, 6.45) is 10.7. The Morgan fingerprint density at radius 2 is 2.17 bits per heavy atom. The van der Waals surface area contributed by atoms with Gasteiger partial charge in [0.25, 0.3) is 0 Å². The maximum absolute atomic E-state index is 6.33. The highest BCUT2D eigenvalue weighted by molar-refractivity contribution is 5.41. The van der Waals surface area contributed by atoms with Crippen LogP contribution in [0.5, 0.6) is 0 Å². The first-order valence-corrected chi connectivity index (χ1v) is 7.06. The summed E-state index contributed by atoms with van der Waals surface area (Å²) in [6, 6.07) is 2.14. The van der Waals surface area contributed by atoms with E-state index < -0.39 is 0 Å². The molecule has 0 bridgehead atoms. The summed E-state index contributed by atoms with van der Waals surface area (Å²) in [5.41, 5.74) is 8.49. The molecule has 0 aromatic carbocycles. The van der Waals surface area contributed by atoms with Crippen LogP contribution in [0.3, 0.4) is 0 Å². The number of ether oxygens (including phenoxy) is 1. The van der Waals surface area contributed by atoms with Crippen molar-refractivity contribution in [2.24, 2.45) is 0 Å². The largest absolute Gasteiger partial charge is 0.383 e. The molecular weight excluding hydrogens is 224 g/mol. The molecule has 18 heavy (non-hydrogen) atoms. The highest BCUT2D eigenvalue weighted by Gasteiger charge is 2.42. The molecule has 1 aliphatic heterocycles. The number of aryl methyl sites for hydroxylation is 1. The number of nitrogen functional groups attached to an aromatic ring is 1. The Bertz CT molecular complexity index is 438. The molecule has 0 amide bonds. The standard InChI is InChI=1S/C15H22N2O/c1-11-8-12(14(16)17-10-11)9-13-4-7-15(18-13)5-2-3-6-15/h8,10,13H,2-7,9H2,1H3,(H2,16,17). The first-order valence-electron chi connectivity index (χ1n) is 7.06. The van der Waals surface area contributed by atoms with E-state index in [1.54, 1.807) is 0 Å². The SMILES string of the molecule is Cc1cnc(N)c(CC2CCC3(CCCC3)O2)c1. The number of rotatable bonds is 2. The smallest absolute Gasteiger partial charge is 0.126 e. The zero-order valence-electron chi connectivity index (χ0n) is 11.1. The molecule has 98 valence electrons. The third-order valence-corrected chi connectivity index (χ3v) is 4.44. The Labute approximate surface area is 109 Å². The molecule has 1 unspecified atom stereocenters. The van der Waals surface area contributed by atoms with Crippen molar-refractivity contribution in [2.75, 3.05) is 5.73 Å². The van der Waals surface area contributed by atoms with E-state index in [-0.39, 0.29) is 5.60 Å². The highest BCUT2D eigenvalue weighted by Crippen LogP contribution is 2.44. The van der Waals surface area contributed by atoms with Crippen LogP contribution in [0.2, 0.25) is 0 Å². The van der Waals surface area contributed by atoms with Crippen molar-refractivity contribution in [3.8, 4) is 0 Å². The lowest BCUT2D eigenvalue weighted by Crippen LogP contribution is -2.25. The Hall–Kier alpha value is -1.09. The van der Waals surface area contributed by atoms with Gasteiger partial charge in [0, 0.05) is 12.6 Å². The minimum Gasteiger partial charge on any atom is -0.383 e. The van der Waals surface area contributed by atoms with Gasteiger partial charge in [-0.25, -0.2) is 4.98 Å². The van der Waals surface area contributed by atoms with E-state index in [1.807, 2.05) is 6.20 Å². The first kappa shape index (κ1) is 12.0. The number of pyridine rings is 1. The summed E-state index contributed by atoms with van der Waals surface area (Å²) >= 11 is 0. The minimum absolute atomic E-state index is 0.219. The monoisotopic (exact) mass is 246 g/mol. The average Bonchev–Trinajstić information content (AvgIpc) is 2.95. The van der Waals surface area contributed by atoms with Gasteiger partial charge in [-0.3, -0.25) is 0 Å². The van der Waals surface area contributed by atoms with Gasteiger partial charge in [0.2, 0.25) is 0 Å². The lowest BCUT2D eigenvalue weighted by molar-refractivity contribution is -0.0355. The number of anilines is 1. The minimum atomic E-state index is 0.219. The van der Waals surface area contributed by atoms with Crippen LogP contribution in [0.15, 0.2) is 12.3 Å². The van der Waals surface area contributed by atoms with E-state index in [4.69, 9.17) is 10.5 Å². The summed E-state index contributed by atoms with van der Waals surface area (Å²) < 4.78 is 6.33. The predicted octanol–water partition coefficient (Wildman–Crippen LogP) is 3.01. The van der Waals surface area contributed by atoms with Gasteiger partial charge in [-0.05, 0) is 43.7 Å². The summed E-state index contributed by atoms with van der Waals surface area (Å²) in [6.45, 7) is 2.06. The number of aromatic nitrogens is 1. The quantitative estimate of drug-likeness (QED) is 0.872. The van der Waals surface area contributed by atoms with Gasteiger partial charge in [-0.15, -0.1) is 0 Å². The van der Waals surface area contributed by atoms with Gasteiger partial charge in [0.05, 0.1) is 11.7 Å². The highest BCUT2D eigenvalue weighted by atomic mass is 16.5. The predicted molar refractivity (Wildman–Crippen MR) is 72.4 cm³/mol. The van der Waals surface area contributed by atoms with Gasteiger partial charge < -0.3 is 10.5 Å². The van der Waals surface area contributed by atoms with Crippen molar-refractivity contribution >= 4 is 5.82 Å². The van der Waals surface area contributed by atoms with Crippen molar-refractivity contribution in [1.29, 1.82) is 0 Å². The summed E-state index contributed by atoms with van der Waals surface area (Å²) in [4.78, 5) is 4.23. The second kappa shape index (κ2) is 4.54. The van der Waals surface area contributed by atoms with Crippen LogP contribution in [0, 0.1) is 6.92 Å². The fourth-order valence-corrected chi connectivity index (χ4v) is 3.48. The van der Waals surface area contributed by atoms with Crippen LogP contribution in [-0.4, -0.2) is 16.7 Å². The number of hydrogen-bond acceptors (Lipinski definition) is 3. The lowest BCUT2D eigenvalue weighted by atomic mass is 9.97. The van der Waals surface area contributed by atoms with Crippen molar-refractivity contribution in [2.45, 2.75) is 63.6 Å². The molecule has 1 aromatic heterocycles. The summed E-state index contributed by atoms with van der Waals surface area (Å²) in [5, 5.41) is 0. The molecule has 0 radical (unpaired) electrons. The van der Waals surface area contributed by atoms with Crippen molar-refractivity contribution < 1.29 is 4.74 Å². The van der Waals surface area contributed by atoms with E-state index in [0.29, 0.717) is 11.9 Å². The Kier molecular flexibility index (Phi) is 3.02. The topological polar surface area (TPSA) is 48.1 Å². The maximum Gasteiger partial charge on any atom is 0.126 e. The third-order valence-electron chi connectivity index (χ3n) is 4.44. The molecule has 2 heterocycles. The van der Waals surface area contributed by atoms with Gasteiger partial charge in [0.1, 0.15) is 5.82 Å². The maximum atomic E-state index is 6.33. The Morgan fingerprint density at radius 3 is 2.94 bits per heavy atom. The molecule has 1 aromatic rings. The zero-order chi connectivity index (χ0) is 12.6. The van der Waals surface area contributed by atoms with E-state index in [2.05, 4.69) is 18.0 Å². The molecule has 1 atom stereocenters. The number of hydrogen-bond donors (Lipinski definition) is 1. The average molecular weight is 246 g/mol. The van der Waals surface area contributed by atoms with Crippen LogP contribution in [0.25, 0.3) is 0 Å². The van der Waals surface area contributed by atoms with Gasteiger partial charge in [0.15, 0.2) is 0 Å². The summed E-state index contributed by atoms with van der Waals surface area (Å²) in [5.74, 6) is 0.663. The van der Waals surface area contributed by atoms with E-state index in [1.165, 1.54) is 44.1 Å². The van der Waals surface area contributed by atoms with Crippen LogP contribution < -0.4 is 5.73 Å². The van der Waals surface area contributed by atoms with Gasteiger partial charge in [-0.1, -0.05) is 18.9 Å². The van der Waals surface area contributed by atoms with Crippen LogP contribution in [-0.2, 0) is 11.2 Å². The van der Waals surface area contributed by atoms with Crippen molar-refractivity contribution in [1.82, 2.24) is 4.98 Å². The fraction of sp³-hybridized carbons (Fsp3) is 0.667. The molecule has 1 aliphatic carbocycles. The molecule has 2 N–H and O–H groups in total. The Morgan fingerprint density at radius 1 is 1.39 bits per heavy atom. The van der Waals surface area contributed by atoms with Crippen molar-refractivity contribution in [3.05, 3.63) is 23.4 Å². The van der Waals surface area contributed by atoms with E-state index in [0.717, 1.165) is 12.0 Å². The number of nitrogens with zero attached hydrogens (tertiary/aromatic N) is 1. The van der Waals surface area contributed by atoms with E-state index in [9.17, 15) is 0 Å².